The van der Waals surface area contributed by atoms with Gasteiger partial charge in [0.25, 0.3) is 0 Å². The van der Waals surface area contributed by atoms with Crippen LogP contribution in [0.15, 0.2) is 179 Å². The lowest BCUT2D eigenvalue weighted by Gasteiger charge is -2.27. The van der Waals surface area contributed by atoms with Crippen LogP contribution in [0.3, 0.4) is 0 Å². The first-order valence-electron chi connectivity index (χ1n) is 19.4. The summed E-state index contributed by atoms with van der Waals surface area (Å²) in [4.78, 5) is 5.08. The summed E-state index contributed by atoms with van der Waals surface area (Å²) in [5, 5.41) is 34.6. The van der Waals surface area contributed by atoms with E-state index in [0.29, 0.717) is 0 Å². The highest BCUT2D eigenvalue weighted by Crippen LogP contribution is 2.54. The van der Waals surface area contributed by atoms with E-state index in [-0.39, 0.29) is 0 Å². The third-order valence-corrected chi connectivity index (χ3v) is 15.9. The molecular weight excluding hydrogens is 781 g/mol. The molecule has 0 fully saturated rings. The first-order valence-corrected chi connectivity index (χ1v) is 22.9. The van der Waals surface area contributed by atoms with Gasteiger partial charge in [0.05, 0.1) is 11.4 Å². The summed E-state index contributed by atoms with van der Waals surface area (Å²) in [5.41, 5.74) is 2.40. The highest BCUT2D eigenvalue weighted by Gasteiger charge is 2.27. The lowest BCUT2D eigenvalue weighted by atomic mass is 9.88. The quantitative estimate of drug-likeness (QED) is 0.122. The molecule has 13 rings (SSSR count). The summed E-state index contributed by atoms with van der Waals surface area (Å²) in [6.45, 7) is 0. The van der Waals surface area contributed by atoms with Crippen LogP contribution < -0.4 is 9.80 Å². The topological polar surface area (TPSA) is 6.48 Å². The van der Waals surface area contributed by atoms with Gasteiger partial charge in [0.2, 0.25) is 0 Å². The van der Waals surface area contributed by atoms with Crippen LogP contribution >= 0.6 is 45.3 Å². The van der Waals surface area contributed by atoms with Crippen molar-refractivity contribution >= 4 is 163 Å². The van der Waals surface area contributed by atoms with Crippen LogP contribution in [-0.4, -0.2) is 0 Å². The van der Waals surface area contributed by atoms with Crippen LogP contribution in [0.5, 0.6) is 0 Å². The van der Waals surface area contributed by atoms with Crippen LogP contribution in [0.1, 0.15) is 0 Å². The highest BCUT2D eigenvalue weighted by molar-refractivity contribution is 7.19. The standard InChI is InChI=1S/C52H30N2S4/c1-5-15-35-31(11-1)27-55-49(35)53(50-36-16-6-2-12-32(36)28-56-50)45-25-23-41-42-24-26-46(44-22-10-20-40(48(42)44)39-19-9-21-43(45)47(39)41)54(51-37-17-7-3-13-33(37)29-57-51)52-38-18-8-4-14-34(38)30-58-52/h1-30H. The molecule has 13 aromatic rings. The number of hydrogen-bond donors (Lipinski definition) is 0. The van der Waals surface area contributed by atoms with Gasteiger partial charge in [0.1, 0.15) is 20.0 Å². The van der Waals surface area contributed by atoms with Crippen molar-refractivity contribution in [2.45, 2.75) is 0 Å². The van der Waals surface area contributed by atoms with Crippen molar-refractivity contribution in [3.05, 3.63) is 179 Å². The highest BCUT2D eigenvalue weighted by atomic mass is 32.1. The van der Waals surface area contributed by atoms with Gasteiger partial charge in [0.15, 0.2) is 0 Å². The third kappa shape index (κ3) is 4.63. The first kappa shape index (κ1) is 32.8. The molecule has 0 radical (unpaired) electrons. The van der Waals surface area contributed by atoms with E-state index in [9.17, 15) is 0 Å². The Morgan fingerprint density at radius 1 is 0.241 bits per heavy atom. The van der Waals surface area contributed by atoms with Crippen molar-refractivity contribution in [2.24, 2.45) is 0 Å². The van der Waals surface area contributed by atoms with Gasteiger partial charge >= 0.3 is 0 Å². The molecule has 0 aliphatic rings. The van der Waals surface area contributed by atoms with Crippen molar-refractivity contribution in [1.82, 2.24) is 0 Å². The molecule has 9 aromatic carbocycles. The number of benzene rings is 9. The summed E-state index contributed by atoms with van der Waals surface area (Å²) in [6, 6.07) is 58.6. The fourth-order valence-electron chi connectivity index (χ4n) is 9.29. The Morgan fingerprint density at radius 2 is 0.517 bits per heavy atom. The molecule has 272 valence electrons. The number of rotatable bonds is 6. The number of anilines is 6. The van der Waals surface area contributed by atoms with E-state index in [4.69, 9.17) is 0 Å². The van der Waals surface area contributed by atoms with E-state index < -0.39 is 0 Å². The Hall–Kier alpha value is -6.28. The van der Waals surface area contributed by atoms with E-state index in [1.165, 1.54) is 118 Å². The monoisotopic (exact) mass is 810 g/mol. The second kappa shape index (κ2) is 12.6. The fraction of sp³-hybridized carbons (Fsp3) is 0. The van der Waals surface area contributed by atoms with Gasteiger partial charge in [-0.1, -0.05) is 146 Å². The molecule has 2 nitrogen and oxygen atoms in total. The maximum absolute atomic E-state index is 2.54. The summed E-state index contributed by atoms with van der Waals surface area (Å²) >= 11 is 7.30. The normalized spacial score (nSPS) is 12.1. The van der Waals surface area contributed by atoms with Gasteiger partial charge in [-0.2, -0.15) is 0 Å². The Bertz CT molecular complexity index is 3320. The molecule has 4 aromatic heterocycles. The second-order valence-corrected chi connectivity index (χ2v) is 18.3. The summed E-state index contributed by atoms with van der Waals surface area (Å²) in [6.07, 6.45) is 0. The van der Waals surface area contributed by atoms with Gasteiger partial charge in [-0.25, -0.2) is 0 Å². The van der Waals surface area contributed by atoms with E-state index in [1.54, 1.807) is 0 Å². The average Bonchev–Trinajstić information content (AvgIpc) is 4.10. The largest absolute Gasteiger partial charge is 0.291 e. The predicted molar refractivity (Wildman–Crippen MR) is 259 cm³/mol. The minimum atomic E-state index is 1.20. The Kier molecular flexibility index (Phi) is 7.12. The number of nitrogens with zero attached hydrogens (tertiary/aromatic N) is 2. The maximum Gasteiger partial charge on any atom is 0.109 e. The van der Waals surface area contributed by atoms with Crippen LogP contribution in [0, 0.1) is 0 Å². The Labute approximate surface area is 349 Å². The van der Waals surface area contributed by atoms with E-state index in [0.717, 1.165) is 0 Å². The summed E-state index contributed by atoms with van der Waals surface area (Å²) in [7, 11) is 0. The van der Waals surface area contributed by atoms with Crippen molar-refractivity contribution in [3.8, 4) is 0 Å². The molecule has 0 N–H and O–H groups in total. The first-order chi connectivity index (χ1) is 28.8. The molecule has 0 saturated heterocycles. The van der Waals surface area contributed by atoms with Gasteiger partial charge in [0, 0.05) is 53.8 Å². The molecule has 4 heterocycles. The van der Waals surface area contributed by atoms with E-state index in [1.807, 2.05) is 45.3 Å². The lowest BCUT2D eigenvalue weighted by Crippen LogP contribution is -2.09. The fourth-order valence-corrected chi connectivity index (χ4v) is 13.6. The number of fused-ring (bicyclic) bond motifs is 6. The zero-order valence-electron chi connectivity index (χ0n) is 30.8. The molecule has 0 amide bonds. The molecule has 0 unspecified atom stereocenters. The number of thiophene rings is 4. The molecule has 6 heteroatoms. The summed E-state index contributed by atoms with van der Waals surface area (Å²) < 4.78 is 0. The number of hydrogen-bond acceptors (Lipinski definition) is 6. The zero-order valence-corrected chi connectivity index (χ0v) is 34.1. The molecule has 0 aliphatic heterocycles. The minimum absolute atomic E-state index is 1.20. The van der Waals surface area contributed by atoms with Crippen LogP contribution in [0.4, 0.5) is 31.4 Å². The summed E-state index contributed by atoms with van der Waals surface area (Å²) in [5.74, 6) is 0. The van der Waals surface area contributed by atoms with E-state index >= 15 is 0 Å². The average molecular weight is 811 g/mol. The van der Waals surface area contributed by atoms with Gasteiger partial charge in [-0.15, -0.1) is 45.3 Å². The molecule has 0 saturated carbocycles. The third-order valence-electron chi connectivity index (χ3n) is 11.9. The Balaban J connectivity index is 1.09. The molecule has 0 spiro atoms. The molecule has 58 heavy (non-hydrogen) atoms. The van der Waals surface area contributed by atoms with Crippen LogP contribution in [0.25, 0.3) is 86.2 Å². The van der Waals surface area contributed by atoms with Crippen molar-refractivity contribution in [1.29, 1.82) is 0 Å². The van der Waals surface area contributed by atoms with Crippen molar-refractivity contribution < 1.29 is 0 Å². The van der Waals surface area contributed by atoms with Crippen molar-refractivity contribution in [2.75, 3.05) is 9.80 Å². The van der Waals surface area contributed by atoms with Crippen LogP contribution in [0.2, 0.25) is 0 Å². The van der Waals surface area contributed by atoms with Crippen molar-refractivity contribution in [3.63, 3.8) is 0 Å². The van der Waals surface area contributed by atoms with Gasteiger partial charge in [-0.05, 0) is 66.0 Å². The SMILES string of the molecule is c1ccc2c(N(c3scc4ccccc34)c3ccc4c5ccc(N(c6scc7ccccc67)c6scc7ccccc67)c6cccc(c7cccc3c74)c65)scc2c1. The Morgan fingerprint density at radius 3 is 0.862 bits per heavy atom. The maximum atomic E-state index is 2.54. The van der Waals surface area contributed by atoms with E-state index in [2.05, 4.69) is 189 Å². The molecule has 0 bridgehead atoms. The van der Waals surface area contributed by atoms with Gasteiger partial charge in [-0.3, -0.25) is 9.80 Å². The molecular formula is C52H30N2S4. The second-order valence-electron chi connectivity index (χ2n) is 14.9. The lowest BCUT2D eigenvalue weighted by molar-refractivity contribution is 1.40. The zero-order chi connectivity index (χ0) is 37.9. The minimum Gasteiger partial charge on any atom is -0.291 e. The van der Waals surface area contributed by atoms with Gasteiger partial charge < -0.3 is 0 Å². The smallest absolute Gasteiger partial charge is 0.109 e. The van der Waals surface area contributed by atoms with Crippen LogP contribution in [-0.2, 0) is 0 Å². The molecule has 0 aliphatic carbocycles. The molecule has 0 atom stereocenters. The predicted octanol–water partition coefficient (Wildman–Crippen LogP) is 17.5.